The summed E-state index contributed by atoms with van der Waals surface area (Å²) in [6.45, 7) is 11.2. The maximum atomic E-state index is 13.4. The van der Waals surface area contributed by atoms with Gasteiger partial charge in [0, 0.05) is 24.6 Å². The van der Waals surface area contributed by atoms with Gasteiger partial charge in [-0.1, -0.05) is 59.9 Å². The Labute approximate surface area is 169 Å². The fourth-order valence-electron chi connectivity index (χ4n) is 2.86. The molecule has 3 atom stereocenters. The Balaban J connectivity index is 3.11. The summed E-state index contributed by atoms with van der Waals surface area (Å²) in [6.07, 6.45) is 1.26. The van der Waals surface area contributed by atoms with Crippen LogP contribution in [0.15, 0.2) is 29.2 Å². The van der Waals surface area contributed by atoms with Gasteiger partial charge in [-0.15, -0.1) is 0 Å². The topological polar surface area (TPSA) is 43.4 Å². The molecule has 0 amide bonds. The summed E-state index contributed by atoms with van der Waals surface area (Å²) in [4.78, 5) is 13.0. The van der Waals surface area contributed by atoms with Crippen molar-refractivity contribution in [2.24, 2.45) is 5.92 Å². The number of halogens is 1. The van der Waals surface area contributed by atoms with Gasteiger partial charge in [-0.25, -0.2) is 0 Å². The summed E-state index contributed by atoms with van der Waals surface area (Å²) < 4.78 is 19.5. The van der Waals surface area contributed by atoms with Crippen molar-refractivity contribution in [2.75, 3.05) is 11.0 Å². The Morgan fingerprint density at radius 2 is 1.84 bits per heavy atom. The molecule has 0 fully saturated rings. The van der Waals surface area contributed by atoms with Crippen molar-refractivity contribution < 1.29 is 13.7 Å². The van der Waals surface area contributed by atoms with E-state index < -0.39 is 18.9 Å². The van der Waals surface area contributed by atoms with Gasteiger partial charge >= 0.3 is 5.97 Å². The molecule has 0 aliphatic rings. The van der Waals surface area contributed by atoms with Crippen LogP contribution in [0.4, 0.5) is 0 Å². The third-order valence-electron chi connectivity index (χ3n) is 4.08. The van der Waals surface area contributed by atoms with Gasteiger partial charge in [-0.05, 0) is 48.8 Å². The quantitative estimate of drug-likeness (QED) is 0.194. The Morgan fingerprint density at radius 1 is 1.24 bits per heavy atom. The molecule has 0 heterocycles. The molecule has 1 aromatic carbocycles. The minimum absolute atomic E-state index is 0.00791. The standard InChI is InChI=1S/C19H31IO3SSi/c1-6-23-19(21)13-16(11-12-20)18(14-25(3,4)5)24(22)17-9-7-15(2)8-10-17/h7-10,16,18H,6,11-14H2,1-5H3/t16?,18-,24?/m0/s1. The molecule has 3 nitrogen and oxygen atoms in total. The second kappa shape index (κ2) is 10.8. The Hall–Kier alpha value is -0.213. The normalized spacial score (nSPS) is 15.4. The molecular formula is C19H31IO3SSi. The van der Waals surface area contributed by atoms with E-state index >= 15 is 0 Å². The first kappa shape index (κ1) is 22.8. The van der Waals surface area contributed by atoms with E-state index in [1.54, 1.807) is 0 Å². The van der Waals surface area contributed by atoms with E-state index in [1.807, 2.05) is 38.1 Å². The highest BCUT2D eigenvalue weighted by atomic mass is 127. The lowest BCUT2D eigenvalue weighted by atomic mass is 9.99. The van der Waals surface area contributed by atoms with Crippen molar-refractivity contribution in [1.82, 2.24) is 0 Å². The number of carbonyl (C=O) groups excluding carboxylic acids is 1. The fourth-order valence-corrected chi connectivity index (χ4v) is 8.64. The van der Waals surface area contributed by atoms with Gasteiger partial charge in [0.2, 0.25) is 0 Å². The summed E-state index contributed by atoms with van der Waals surface area (Å²) >= 11 is 2.34. The first-order chi connectivity index (χ1) is 11.7. The van der Waals surface area contributed by atoms with E-state index in [-0.39, 0.29) is 17.1 Å². The van der Waals surface area contributed by atoms with Crippen molar-refractivity contribution in [3.63, 3.8) is 0 Å². The number of carbonyl (C=O) groups is 1. The Bertz CT molecular complexity index is 569. The second-order valence-electron chi connectivity index (χ2n) is 7.66. The molecule has 142 valence electrons. The molecule has 0 bridgehead atoms. The van der Waals surface area contributed by atoms with Crippen LogP contribution < -0.4 is 0 Å². The van der Waals surface area contributed by atoms with Crippen LogP contribution in [0.5, 0.6) is 0 Å². The average molecular weight is 495 g/mol. The highest BCUT2D eigenvalue weighted by Gasteiger charge is 2.33. The largest absolute Gasteiger partial charge is 0.466 e. The number of alkyl halides is 1. The zero-order valence-electron chi connectivity index (χ0n) is 16.0. The first-order valence-corrected chi connectivity index (χ1v) is 15.3. The van der Waals surface area contributed by atoms with Crippen LogP contribution in [0, 0.1) is 12.8 Å². The van der Waals surface area contributed by atoms with Crippen molar-refractivity contribution in [2.45, 2.75) is 62.5 Å². The molecule has 0 saturated heterocycles. The maximum Gasteiger partial charge on any atom is 0.306 e. The lowest BCUT2D eigenvalue weighted by Gasteiger charge is -2.30. The third kappa shape index (κ3) is 8.34. The van der Waals surface area contributed by atoms with Crippen LogP contribution in [-0.2, 0) is 20.3 Å². The van der Waals surface area contributed by atoms with Gasteiger partial charge in [0.1, 0.15) is 0 Å². The highest BCUT2D eigenvalue weighted by molar-refractivity contribution is 14.1. The number of aryl methyl sites for hydroxylation is 1. The number of hydrogen-bond acceptors (Lipinski definition) is 3. The number of rotatable bonds is 10. The van der Waals surface area contributed by atoms with Gasteiger partial charge in [0.05, 0.1) is 17.4 Å². The van der Waals surface area contributed by atoms with Crippen LogP contribution >= 0.6 is 22.6 Å². The zero-order valence-corrected chi connectivity index (χ0v) is 20.0. The summed E-state index contributed by atoms with van der Waals surface area (Å²) in [6, 6.07) is 8.91. The smallest absolute Gasteiger partial charge is 0.306 e. The van der Waals surface area contributed by atoms with Gasteiger partial charge in [-0.2, -0.15) is 0 Å². The zero-order chi connectivity index (χ0) is 19.0. The molecule has 0 N–H and O–H groups in total. The summed E-state index contributed by atoms with van der Waals surface area (Å²) in [5.41, 5.74) is 1.16. The van der Waals surface area contributed by atoms with Crippen LogP contribution in [-0.4, -0.2) is 34.5 Å². The monoisotopic (exact) mass is 494 g/mol. The van der Waals surface area contributed by atoms with Gasteiger partial charge in [0.25, 0.3) is 0 Å². The van der Waals surface area contributed by atoms with Gasteiger partial charge in [0.15, 0.2) is 0 Å². The highest BCUT2D eigenvalue weighted by Crippen LogP contribution is 2.31. The number of hydrogen-bond donors (Lipinski definition) is 0. The number of ether oxygens (including phenoxy) is 1. The fraction of sp³-hybridized carbons (Fsp3) is 0.632. The lowest BCUT2D eigenvalue weighted by Crippen LogP contribution is -2.36. The molecule has 0 saturated carbocycles. The van der Waals surface area contributed by atoms with E-state index in [2.05, 4.69) is 42.2 Å². The second-order valence-corrected chi connectivity index (χ2v) is 15.9. The lowest BCUT2D eigenvalue weighted by molar-refractivity contribution is -0.144. The Morgan fingerprint density at radius 3 is 2.32 bits per heavy atom. The van der Waals surface area contributed by atoms with Crippen LogP contribution in [0.1, 0.15) is 25.3 Å². The van der Waals surface area contributed by atoms with Crippen LogP contribution in [0.3, 0.4) is 0 Å². The molecular weight excluding hydrogens is 463 g/mol. The van der Waals surface area contributed by atoms with Crippen molar-refractivity contribution in [3.05, 3.63) is 29.8 Å². The molecule has 0 radical (unpaired) electrons. The van der Waals surface area contributed by atoms with Crippen molar-refractivity contribution >= 4 is 47.4 Å². The SMILES string of the molecule is CCOC(=O)CC(CCI)[C@H](C[Si](C)(C)C)S(=O)c1ccc(C)cc1. The van der Waals surface area contributed by atoms with Crippen molar-refractivity contribution in [1.29, 1.82) is 0 Å². The molecule has 1 aromatic rings. The maximum absolute atomic E-state index is 13.4. The van der Waals surface area contributed by atoms with E-state index in [0.717, 1.165) is 27.4 Å². The minimum Gasteiger partial charge on any atom is -0.466 e. The predicted molar refractivity (Wildman–Crippen MR) is 118 cm³/mol. The molecule has 1 rings (SSSR count). The minimum atomic E-state index is -1.44. The van der Waals surface area contributed by atoms with Crippen LogP contribution in [0.25, 0.3) is 0 Å². The van der Waals surface area contributed by atoms with Crippen LogP contribution in [0.2, 0.25) is 25.7 Å². The van der Waals surface area contributed by atoms with Gasteiger partial charge < -0.3 is 4.74 Å². The van der Waals surface area contributed by atoms with E-state index in [1.165, 1.54) is 0 Å². The Kier molecular flexibility index (Phi) is 9.88. The molecule has 25 heavy (non-hydrogen) atoms. The summed E-state index contributed by atoms with van der Waals surface area (Å²) in [5, 5.41) is 0.00791. The summed E-state index contributed by atoms with van der Waals surface area (Å²) in [5.74, 6) is -0.0661. The summed E-state index contributed by atoms with van der Waals surface area (Å²) in [7, 11) is -2.54. The first-order valence-electron chi connectivity index (χ1n) is 8.86. The average Bonchev–Trinajstić information content (AvgIpc) is 2.52. The third-order valence-corrected chi connectivity index (χ3v) is 8.50. The van der Waals surface area contributed by atoms with E-state index in [4.69, 9.17) is 4.74 Å². The predicted octanol–water partition coefficient (Wildman–Crippen LogP) is 5.20. The number of benzene rings is 1. The number of esters is 1. The molecule has 2 unspecified atom stereocenters. The molecule has 0 aliphatic heterocycles. The van der Waals surface area contributed by atoms with Crippen molar-refractivity contribution in [3.8, 4) is 0 Å². The van der Waals surface area contributed by atoms with E-state index in [9.17, 15) is 9.00 Å². The van der Waals surface area contributed by atoms with Gasteiger partial charge in [-0.3, -0.25) is 9.00 Å². The molecule has 6 heteroatoms. The molecule has 0 aromatic heterocycles. The molecule has 0 aliphatic carbocycles. The van der Waals surface area contributed by atoms with E-state index in [0.29, 0.717) is 13.0 Å². The molecule has 0 spiro atoms.